The number of hydrogen-bond donors (Lipinski definition) is 1. The minimum Gasteiger partial charge on any atom is -0.508 e. The molecule has 0 unspecified atom stereocenters. The van der Waals surface area contributed by atoms with Gasteiger partial charge in [-0.25, -0.2) is 0 Å². The normalized spacial score (nSPS) is 14.2. The molecule has 0 bridgehead atoms. The van der Waals surface area contributed by atoms with E-state index in [1.165, 1.54) is 11.3 Å². The Bertz CT molecular complexity index is 1390. The van der Waals surface area contributed by atoms with Crippen molar-refractivity contribution in [3.05, 3.63) is 82.2 Å². The summed E-state index contributed by atoms with van der Waals surface area (Å²) in [6.07, 6.45) is 0.897. The van der Waals surface area contributed by atoms with Crippen LogP contribution in [-0.2, 0) is 0 Å². The predicted octanol–water partition coefficient (Wildman–Crippen LogP) is 6.79. The van der Waals surface area contributed by atoms with Gasteiger partial charge in [0.05, 0.1) is 18.2 Å². The third-order valence-electron chi connectivity index (χ3n) is 6.80. The van der Waals surface area contributed by atoms with E-state index in [-0.39, 0.29) is 24.1 Å². The number of hydrogen-bond acceptors (Lipinski definition) is 5. The molecule has 0 spiro atoms. The standard InChI is InChI=1S/C30H30FNO3S/c1-19-4-5-20(2)26(14-19)29(34)30-28(25-11-8-23(33)15-27(25)36-30)22-6-9-24(10-7-22)35-13-3-12-32-17-21(16-31)18-32/h4-11,14-15,21,33H,3,12-13,16-18H2,1-2H3. The van der Waals surface area contributed by atoms with Gasteiger partial charge in [0.25, 0.3) is 0 Å². The van der Waals surface area contributed by atoms with Crippen LogP contribution in [0.4, 0.5) is 4.39 Å². The van der Waals surface area contributed by atoms with Crippen molar-refractivity contribution in [2.45, 2.75) is 20.3 Å². The maximum Gasteiger partial charge on any atom is 0.203 e. The quantitative estimate of drug-likeness (QED) is 0.202. The molecule has 0 atom stereocenters. The average molecular weight is 504 g/mol. The molecule has 1 fully saturated rings. The van der Waals surface area contributed by atoms with Crippen molar-refractivity contribution < 1.29 is 19.0 Å². The van der Waals surface area contributed by atoms with Crippen LogP contribution in [0, 0.1) is 19.8 Å². The molecule has 4 aromatic rings. The first kappa shape index (κ1) is 24.5. The highest BCUT2D eigenvalue weighted by Crippen LogP contribution is 2.42. The van der Waals surface area contributed by atoms with Gasteiger partial charge < -0.3 is 14.7 Å². The number of aryl methyl sites for hydroxylation is 2. The first-order valence-electron chi connectivity index (χ1n) is 12.3. The van der Waals surface area contributed by atoms with E-state index in [4.69, 9.17) is 4.74 Å². The van der Waals surface area contributed by atoms with Crippen molar-refractivity contribution >= 4 is 27.2 Å². The van der Waals surface area contributed by atoms with E-state index in [9.17, 15) is 14.3 Å². The summed E-state index contributed by atoms with van der Waals surface area (Å²) < 4.78 is 19.4. The zero-order valence-electron chi connectivity index (χ0n) is 20.6. The summed E-state index contributed by atoms with van der Waals surface area (Å²) in [5, 5.41) is 11.0. The molecule has 1 saturated heterocycles. The van der Waals surface area contributed by atoms with Gasteiger partial charge in [-0.1, -0.05) is 29.8 Å². The molecule has 5 rings (SSSR count). The molecule has 0 saturated carbocycles. The van der Waals surface area contributed by atoms with Crippen LogP contribution in [0.3, 0.4) is 0 Å². The summed E-state index contributed by atoms with van der Waals surface area (Å²) in [5.41, 5.74) is 4.51. The van der Waals surface area contributed by atoms with Crippen LogP contribution >= 0.6 is 11.3 Å². The van der Waals surface area contributed by atoms with Crippen LogP contribution < -0.4 is 4.74 Å². The lowest BCUT2D eigenvalue weighted by atomic mass is 9.95. The van der Waals surface area contributed by atoms with E-state index in [1.807, 2.05) is 62.4 Å². The number of carbonyl (C=O) groups excluding carboxylic acids is 1. The molecule has 36 heavy (non-hydrogen) atoms. The van der Waals surface area contributed by atoms with E-state index < -0.39 is 0 Å². The highest BCUT2D eigenvalue weighted by Gasteiger charge is 2.25. The van der Waals surface area contributed by atoms with Gasteiger partial charge >= 0.3 is 0 Å². The first-order valence-corrected chi connectivity index (χ1v) is 13.1. The molecule has 2 heterocycles. The maximum absolute atomic E-state index is 13.7. The van der Waals surface area contributed by atoms with Gasteiger partial charge in [0, 0.05) is 46.8 Å². The number of alkyl halides is 1. The summed E-state index contributed by atoms with van der Waals surface area (Å²) in [6, 6.07) is 19.1. The molecule has 0 amide bonds. The number of likely N-dealkylation sites (tertiary alicyclic amines) is 1. The number of benzene rings is 3. The number of fused-ring (bicyclic) bond motifs is 1. The van der Waals surface area contributed by atoms with Crippen molar-refractivity contribution in [3.63, 3.8) is 0 Å². The van der Waals surface area contributed by atoms with Crippen molar-refractivity contribution in [2.75, 3.05) is 32.9 Å². The Morgan fingerprint density at radius 2 is 1.86 bits per heavy atom. The summed E-state index contributed by atoms with van der Waals surface area (Å²) in [6.45, 7) is 6.95. The zero-order chi connectivity index (χ0) is 25.2. The van der Waals surface area contributed by atoms with E-state index >= 15 is 0 Å². The van der Waals surface area contributed by atoms with Gasteiger partial charge in [-0.3, -0.25) is 9.18 Å². The summed E-state index contributed by atoms with van der Waals surface area (Å²) in [4.78, 5) is 16.7. The Kier molecular flexibility index (Phi) is 7.08. The molecular weight excluding hydrogens is 473 g/mol. The number of carbonyl (C=O) groups is 1. The van der Waals surface area contributed by atoms with Gasteiger partial charge in [-0.05, 0) is 67.8 Å². The molecule has 1 aliphatic heterocycles. The molecular formula is C30H30FNO3S. The largest absolute Gasteiger partial charge is 0.508 e. The summed E-state index contributed by atoms with van der Waals surface area (Å²) in [7, 11) is 0. The monoisotopic (exact) mass is 503 g/mol. The van der Waals surface area contributed by atoms with Crippen molar-refractivity contribution in [1.82, 2.24) is 4.90 Å². The fourth-order valence-corrected chi connectivity index (χ4v) is 6.00. The Labute approximate surface area is 215 Å². The number of nitrogens with zero attached hydrogens (tertiary/aromatic N) is 1. The number of ketones is 1. The van der Waals surface area contributed by atoms with Crippen LogP contribution in [0.15, 0.2) is 60.7 Å². The number of aromatic hydroxyl groups is 1. The molecule has 186 valence electrons. The number of phenolic OH excluding ortho intramolecular Hbond substituents is 1. The fourth-order valence-electron chi connectivity index (χ4n) is 4.79. The molecule has 6 heteroatoms. The van der Waals surface area contributed by atoms with E-state index in [0.29, 0.717) is 17.0 Å². The number of phenols is 1. The average Bonchev–Trinajstić information content (AvgIpc) is 3.22. The molecule has 0 radical (unpaired) electrons. The smallest absolute Gasteiger partial charge is 0.203 e. The lowest BCUT2D eigenvalue weighted by Gasteiger charge is -2.37. The topological polar surface area (TPSA) is 49.8 Å². The van der Waals surface area contributed by atoms with Crippen LogP contribution in [0.25, 0.3) is 21.2 Å². The Balaban J connectivity index is 1.38. The number of halogens is 1. The molecule has 1 aliphatic rings. The minimum atomic E-state index is -0.224. The van der Waals surface area contributed by atoms with Crippen molar-refractivity contribution in [2.24, 2.45) is 5.92 Å². The summed E-state index contributed by atoms with van der Waals surface area (Å²) in [5.74, 6) is 1.17. The van der Waals surface area contributed by atoms with Crippen LogP contribution in [-0.4, -0.2) is 48.7 Å². The molecule has 1 N–H and O–H groups in total. The second-order valence-corrected chi connectivity index (χ2v) is 10.7. The first-order chi connectivity index (χ1) is 17.4. The number of ether oxygens (including phenoxy) is 1. The van der Waals surface area contributed by atoms with Gasteiger partial charge in [0.2, 0.25) is 5.78 Å². The van der Waals surface area contributed by atoms with Crippen LogP contribution in [0.1, 0.15) is 32.8 Å². The highest BCUT2D eigenvalue weighted by atomic mass is 32.1. The van der Waals surface area contributed by atoms with E-state index in [2.05, 4.69) is 4.90 Å². The predicted molar refractivity (Wildman–Crippen MR) is 144 cm³/mol. The van der Waals surface area contributed by atoms with E-state index in [1.54, 1.807) is 12.1 Å². The van der Waals surface area contributed by atoms with Crippen molar-refractivity contribution in [1.29, 1.82) is 0 Å². The highest BCUT2D eigenvalue weighted by molar-refractivity contribution is 7.21. The van der Waals surface area contributed by atoms with Crippen LogP contribution in [0.5, 0.6) is 11.5 Å². The molecule has 1 aromatic heterocycles. The Hall–Kier alpha value is -3.22. The molecule has 4 nitrogen and oxygen atoms in total. The van der Waals surface area contributed by atoms with Gasteiger partial charge in [-0.2, -0.15) is 0 Å². The SMILES string of the molecule is Cc1ccc(C)c(C(=O)c2sc3cc(O)ccc3c2-c2ccc(OCCCN3CC(CF)C3)cc2)c1. The second-order valence-electron chi connectivity index (χ2n) is 9.64. The molecule has 0 aliphatic carbocycles. The fraction of sp³-hybridized carbons (Fsp3) is 0.300. The lowest BCUT2D eigenvalue weighted by Crippen LogP contribution is -2.48. The summed E-state index contributed by atoms with van der Waals surface area (Å²) >= 11 is 1.41. The minimum absolute atomic E-state index is 0.00629. The van der Waals surface area contributed by atoms with Crippen LogP contribution in [0.2, 0.25) is 0 Å². The maximum atomic E-state index is 13.7. The second kappa shape index (κ2) is 10.4. The Morgan fingerprint density at radius 3 is 2.61 bits per heavy atom. The van der Waals surface area contributed by atoms with E-state index in [0.717, 1.165) is 64.1 Å². The number of rotatable bonds is 9. The third-order valence-corrected chi connectivity index (χ3v) is 7.95. The van der Waals surface area contributed by atoms with Gasteiger partial charge in [0.1, 0.15) is 11.5 Å². The lowest BCUT2D eigenvalue weighted by molar-refractivity contribution is 0.0755. The Morgan fingerprint density at radius 1 is 1.08 bits per heavy atom. The zero-order valence-corrected chi connectivity index (χ0v) is 21.4. The number of thiophene rings is 1. The van der Waals surface area contributed by atoms with Crippen molar-refractivity contribution in [3.8, 4) is 22.6 Å². The molecule has 3 aromatic carbocycles. The van der Waals surface area contributed by atoms with Gasteiger partial charge in [-0.15, -0.1) is 11.3 Å². The van der Waals surface area contributed by atoms with Gasteiger partial charge in [0.15, 0.2) is 0 Å². The third kappa shape index (κ3) is 5.01.